The lowest BCUT2D eigenvalue weighted by Gasteiger charge is -2.06. The molecule has 2 aromatic rings. The first-order chi connectivity index (χ1) is 10.6. The summed E-state index contributed by atoms with van der Waals surface area (Å²) >= 11 is 0. The van der Waals surface area contributed by atoms with E-state index in [0.29, 0.717) is 6.42 Å². The van der Waals surface area contributed by atoms with Gasteiger partial charge in [0.2, 0.25) is 0 Å². The third-order valence-electron chi connectivity index (χ3n) is 2.98. The number of hydrogen-bond acceptors (Lipinski definition) is 5. The number of benzene rings is 2. The van der Waals surface area contributed by atoms with Crippen LogP contribution in [-0.4, -0.2) is 18.1 Å². The fraction of sp³-hybridized carbons (Fsp3) is 0.118. The van der Waals surface area contributed by atoms with Crippen LogP contribution in [-0.2, 0) is 15.9 Å². The molecule has 5 heteroatoms. The van der Waals surface area contributed by atoms with Gasteiger partial charge in [0.15, 0.2) is 0 Å². The van der Waals surface area contributed by atoms with E-state index in [4.69, 9.17) is 0 Å². The molecule has 0 aromatic heterocycles. The van der Waals surface area contributed by atoms with Gasteiger partial charge in [0.1, 0.15) is 0 Å². The van der Waals surface area contributed by atoms with E-state index in [0.717, 1.165) is 5.56 Å². The molecular formula is C17H14O5. The molecule has 0 amide bonds. The van der Waals surface area contributed by atoms with Gasteiger partial charge in [-0.25, -0.2) is 14.4 Å². The average Bonchev–Trinajstić information content (AvgIpc) is 2.55. The highest BCUT2D eigenvalue weighted by Crippen LogP contribution is 2.11. The van der Waals surface area contributed by atoms with Gasteiger partial charge in [-0.05, 0) is 30.2 Å². The van der Waals surface area contributed by atoms with Gasteiger partial charge in [-0.3, -0.25) is 0 Å². The van der Waals surface area contributed by atoms with Crippen LogP contribution in [0.4, 0.5) is 4.79 Å². The van der Waals surface area contributed by atoms with Crippen LogP contribution in [0.2, 0.25) is 0 Å². The van der Waals surface area contributed by atoms with E-state index in [-0.39, 0.29) is 11.1 Å². The molecule has 0 fully saturated rings. The van der Waals surface area contributed by atoms with Gasteiger partial charge in [0, 0.05) is 0 Å². The maximum Gasteiger partial charge on any atom is 0.524 e. The largest absolute Gasteiger partial charge is 0.524 e. The monoisotopic (exact) mass is 298 g/mol. The number of aryl methyl sites for hydroxylation is 1. The van der Waals surface area contributed by atoms with Crippen LogP contribution >= 0.6 is 0 Å². The number of ether oxygens (including phenoxy) is 2. The molecule has 0 heterocycles. The Balaban J connectivity index is 2.00. The lowest BCUT2D eigenvalue weighted by molar-refractivity contribution is 0.0337. The zero-order chi connectivity index (χ0) is 15.9. The average molecular weight is 298 g/mol. The highest BCUT2D eigenvalue weighted by atomic mass is 16.8. The summed E-state index contributed by atoms with van der Waals surface area (Å²) in [6.45, 7) is 1.88. The normalized spacial score (nSPS) is 9.86. The van der Waals surface area contributed by atoms with Crippen LogP contribution in [0.5, 0.6) is 0 Å². The third-order valence-corrected chi connectivity index (χ3v) is 2.98. The Morgan fingerprint density at radius 1 is 0.818 bits per heavy atom. The molecule has 0 aliphatic rings. The minimum atomic E-state index is -1.34. The van der Waals surface area contributed by atoms with Crippen LogP contribution in [0.3, 0.4) is 0 Å². The van der Waals surface area contributed by atoms with Crippen LogP contribution in [0, 0.1) is 0 Å². The molecule has 2 rings (SSSR count). The lowest BCUT2D eigenvalue weighted by Crippen LogP contribution is -2.18. The van der Waals surface area contributed by atoms with Crippen molar-refractivity contribution in [2.24, 2.45) is 0 Å². The molecule has 0 aliphatic heterocycles. The fourth-order valence-corrected chi connectivity index (χ4v) is 1.89. The molecule has 0 spiro atoms. The summed E-state index contributed by atoms with van der Waals surface area (Å²) < 4.78 is 9.03. The Morgan fingerprint density at radius 2 is 1.41 bits per heavy atom. The number of hydrogen-bond donors (Lipinski definition) is 0. The zero-order valence-corrected chi connectivity index (χ0v) is 11.9. The van der Waals surface area contributed by atoms with Crippen LogP contribution < -0.4 is 0 Å². The quantitative estimate of drug-likeness (QED) is 0.641. The predicted octanol–water partition coefficient (Wildman–Crippen LogP) is 3.38. The highest BCUT2D eigenvalue weighted by molar-refractivity contribution is 6.00. The van der Waals surface area contributed by atoms with Gasteiger partial charge in [0.25, 0.3) is 0 Å². The number of rotatable bonds is 3. The second-order valence-electron chi connectivity index (χ2n) is 4.41. The van der Waals surface area contributed by atoms with E-state index in [1.165, 1.54) is 12.1 Å². The Labute approximate surface area is 127 Å². The zero-order valence-electron chi connectivity index (χ0n) is 11.9. The second-order valence-corrected chi connectivity index (χ2v) is 4.41. The predicted molar refractivity (Wildman–Crippen MR) is 78.5 cm³/mol. The molecule has 2 aromatic carbocycles. The second kappa shape index (κ2) is 7.17. The molecule has 0 saturated heterocycles. The summed E-state index contributed by atoms with van der Waals surface area (Å²) in [6, 6.07) is 14.7. The smallest absolute Gasteiger partial charge is 0.356 e. The molecule has 0 bridgehead atoms. The summed E-state index contributed by atoms with van der Waals surface area (Å²) in [5.74, 6) is -1.72. The summed E-state index contributed by atoms with van der Waals surface area (Å²) in [7, 11) is 0. The van der Waals surface area contributed by atoms with Gasteiger partial charge >= 0.3 is 18.1 Å². The highest BCUT2D eigenvalue weighted by Gasteiger charge is 2.20. The summed E-state index contributed by atoms with van der Waals surface area (Å²) in [5.41, 5.74) is 1.21. The SMILES string of the molecule is CCc1ccccc1C(=O)OC(=O)OC(=O)c1ccccc1. The Kier molecular flexibility index (Phi) is 5.03. The molecule has 0 saturated carbocycles. The summed E-state index contributed by atoms with van der Waals surface area (Å²) in [5, 5.41) is 0. The minimum absolute atomic E-state index is 0.195. The van der Waals surface area contributed by atoms with E-state index in [1.807, 2.05) is 6.92 Å². The van der Waals surface area contributed by atoms with E-state index >= 15 is 0 Å². The van der Waals surface area contributed by atoms with Crippen molar-refractivity contribution in [1.29, 1.82) is 0 Å². The van der Waals surface area contributed by atoms with Crippen molar-refractivity contribution in [3.8, 4) is 0 Å². The molecule has 112 valence electrons. The van der Waals surface area contributed by atoms with Crippen LogP contribution in [0.25, 0.3) is 0 Å². The van der Waals surface area contributed by atoms with Crippen molar-refractivity contribution in [2.75, 3.05) is 0 Å². The van der Waals surface area contributed by atoms with Gasteiger partial charge in [0.05, 0.1) is 11.1 Å². The van der Waals surface area contributed by atoms with E-state index in [1.54, 1.807) is 42.5 Å². The number of carbonyl (C=O) groups excluding carboxylic acids is 3. The first kappa shape index (κ1) is 15.4. The molecule has 0 N–H and O–H groups in total. The first-order valence-corrected chi connectivity index (χ1v) is 6.73. The van der Waals surface area contributed by atoms with Gasteiger partial charge in [-0.15, -0.1) is 0 Å². The van der Waals surface area contributed by atoms with E-state index in [9.17, 15) is 14.4 Å². The number of carbonyl (C=O) groups is 3. The third kappa shape index (κ3) is 3.79. The standard InChI is InChI=1S/C17H14O5/c1-2-12-8-6-7-11-14(12)16(19)22-17(20)21-15(18)13-9-4-3-5-10-13/h3-11H,2H2,1H3. The summed E-state index contributed by atoms with van der Waals surface area (Å²) in [4.78, 5) is 35.1. The Bertz CT molecular complexity index is 691. The van der Waals surface area contributed by atoms with Crippen molar-refractivity contribution in [3.63, 3.8) is 0 Å². The fourth-order valence-electron chi connectivity index (χ4n) is 1.89. The van der Waals surface area contributed by atoms with E-state index in [2.05, 4.69) is 9.47 Å². The van der Waals surface area contributed by atoms with Crippen molar-refractivity contribution >= 4 is 18.1 Å². The minimum Gasteiger partial charge on any atom is -0.356 e. The number of esters is 2. The molecule has 5 nitrogen and oxygen atoms in total. The van der Waals surface area contributed by atoms with Gasteiger partial charge in [-0.1, -0.05) is 43.3 Å². The van der Waals surface area contributed by atoms with Gasteiger partial charge < -0.3 is 9.47 Å². The van der Waals surface area contributed by atoms with Crippen LogP contribution in [0.1, 0.15) is 33.2 Å². The molecular weight excluding hydrogens is 284 g/mol. The molecule has 0 unspecified atom stereocenters. The molecule has 22 heavy (non-hydrogen) atoms. The van der Waals surface area contributed by atoms with Gasteiger partial charge in [-0.2, -0.15) is 0 Å². The maximum atomic E-state index is 11.9. The van der Waals surface area contributed by atoms with Crippen molar-refractivity contribution in [2.45, 2.75) is 13.3 Å². The van der Waals surface area contributed by atoms with E-state index < -0.39 is 18.1 Å². The maximum absolute atomic E-state index is 11.9. The molecule has 0 radical (unpaired) electrons. The van der Waals surface area contributed by atoms with Crippen molar-refractivity contribution < 1.29 is 23.9 Å². The summed E-state index contributed by atoms with van der Waals surface area (Å²) in [6.07, 6.45) is -0.728. The Hall–Kier alpha value is -2.95. The Morgan fingerprint density at radius 3 is 2.09 bits per heavy atom. The topological polar surface area (TPSA) is 69.7 Å². The molecule has 0 atom stereocenters. The van der Waals surface area contributed by atoms with Crippen LogP contribution in [0.15, 0.2) is 54.6 Å². The first-order valence-electron chi connectivity index (χ1n) is 6.73. The van der Waals surface area contributed by atoms with Crippen molar-refractivity contribution in [3.05, 3.63) is 71.3 Å². The lowest BCUT2D eigenvalue weighted by atomic mass is 10.1. The van der Waals surface area contributed by atoms with Crippen molar-refractivity contribution in [1.82, 2.24) is 0 Å². The molecule has 0 aliphatic carbocycles.